The summed E-state index contributed by atoms with van der Waals surface area (Å²) in [5, 5.41) is 0. The zero-order valence-electron chi connectivity index (χ0n) is 21.0. The first-order valence-corrected chi connectivity index (χ1v) is 12.1. The van der Waals surface area contributed by atoms with E-state index < -0.39 is 89.4 Å². The number of carbonyl (C=O) groups excluding carboxylic acids is 2. The van der Waals surface area contributed by atoms with Crippen molar-refractivity contribution >= 4 is 11.9 Å². The lowest BCUT2D eigenvalue weighted by atomic mass is 9.86. The molecule has 5 nitrogen and oxygen atoms in total. The molecule has 0 radical (unpaired) electrons. The van der Waals surface area contributed by atoms with Gasteiger partial charge in [0.05, 0.1) is 35.9 Å². The first-order chi connectivity index (χ1) is 19.3. The molecule has 0 saturated carbocycles. The van der Waals surface area contributed by atoms with Crippen molar-refractivity contribution in [3.05, 3.63) is 94.6 Å². The van der Waals surface area contributed by atoms with E-state index in [1.54, 1.807) is 18.2 Å². The molecule has 4 rings (SSSR count). The molecule has 1 saturated heterocycles. The number of benzene rings is 3. The maximum atomic E-state index is 14.3. The van der Waals surface area contributed by atoms with E-state index in [4.69, 9.17) is 9.47 Å². The molecule has 41 heavy (non-hydrogen) atoms. The molecular formula is C28H21F8NO4. The van der Waals surface area contributed by atoms with Gasteiger partial charge in [-0.25, -0.2) is 13.6 Å². The van der Waals surface area contributed by atoms with Crippen LogP contribution in [0, 0.1) is 11.6 Å². The number of amides is 1. The van der Waals surface area contributed by atoms with Crippen LogP contribution >= 0.6 is 0 Å². The maximum Gasteiger partial charge on any atom is 0.417 e. The summed E-state index contributed by atoms with van der Waals surface area (Å²) in [6.45, 7) is -1.27. The number of rotatable bonds is 7. The number of hydrogen-bond acceptors (Lipinski definition) is 4. The molecule has 1 aliphatic rings. The summed E-state index contributed by atoms with van der Waals surface area (Å²) in [5.41, 5.74) is -5.36. The summed E-state index contributed by atoms with van der Waals surface area (Å²) >= 11 is 0. The molecule has 1 heterocycles. The van der Waals surface area contributed by atoms with Gasteiger partial charge < -0.3 is 14.4 Å². The van der Waals surface area contributed by atoms with Crippen molar-refractivity contribution in [2.45, 2.75) is 24.8 Å². The van der Waals surface area contributed by atoms with Crippen LogP contribution in [0.5, 0.6) is 0 Å². The standard InChI is InChI=1S/C28H21F8NO4/c29-21-7-6-17(12-22(21)30)25-19(13-18(27(31,32)33)14-20(25)28(34,35)36)23(37-9-11-40-15-24(37)38)8-10-41-26(39)16-4-2-1-3-5-16/h1-7,12-14,23H,8-11,15H2. The number of halogens is 8. The van der Waals surface area contributed by atoms with Gasteiger partial charge in [0.25, 0.3) is 0 Å². The molecule has 1 atom stereocenters. The maximum absolute atomic E-state index is 14.3. The topological polar surface area (TPSA) is 55.8 Å². The first-order valence-electron chi connectivity index (χ1n) is 12.1. The van der Waals surface area contributed by atoms with Gasteiger partial charge in [-0.3, -0.25) is 4.79 Å². The molecular weight excluding hydrogens is 566 g/mol. The highest BCUT2D eigenvalue weighted by Gasteiger charge is 2.42. The summed E-state index contributed by atoms with van der Waals surface area (Å²) < 4.78 is 123. The van der Waals surface area contributed by atoms with Crippen LogP contribution in [0.25, 0.3) is 11.1 Å². The van der Waals surface area contributed by atoms with Crippen LogP contribution < -0.4 is 0 Å². The molecule has 0 spiro atoms. The number of morpholine rings is 1. The Kier molecular flexibility index (Phi) is 8.66. The largest absolute Gasteiger partial charge is 0.462 e. The van der Waals surface area contributed by atoms with Gasteiger partial charge in [-0.05, 0) is 53.1 Å². The van der Waals surface area contributed by atoms with Crippen LogP contribution in [-0.4, -0.2) is 43.1 Å². The lowest BCUT2D eigenvalue weighted by molar-refractivity contribution is -0.146. The lowest BCUT2D eigenvalue weighted by Gasteiger charge is -2.36. The molecule has 1 unspecified atom stereocenters. The Morgan fingerprint density at radius 3 is 2.24 bits per heavy atom. The van der Waals surface area contributed by atoms with E-state index in [9.17, 15) is 44.7 Å². The zero-order chi connectivity index (χ0) is 29.9. The third-order valence-electron chi connectivity index (χ3n) is 6.40. The van der Waals surface area contributed by atoms with E-state index in [0.29, 0.717) is 18.2 Å². The lowest BCUT2D eigenvalue weighted by Crippen LogP contribution is -2.44. The minimum Gasteiger partial charge on any atom is -0.462 e. The number of alkyl halides is 6. The third kappa shape index (κ3) is 6.84. The molecule has 3 aromatic rings. The predicted molar refractivity (Wildman–Crippen MR) is 128 cm³/mol. The molecule has 0 aliphatic carbocycles. The Balaban J connectivity index is 1.89. The normalized spacial score (nSPS) is 15.1. The van der Waals surface area contributed by atoms with Gasteiger partial charge in [0.1, 0.15) is 6.61 Å². The van der Waals surface area contributed by atoms with E-state index >= 15 is 0 Å². The van der Waals surface area contributed by atoms with Crippen LogP contribution in [-0.2, 0) is 26.6 Å². The summed E-state index contributed by atoms with van der Waals surface area (Å²) in [5.74, 6) is -4.46. The van der Waals surface area contributed by atoms with Crippen molar-refractivity contribution in [2.75, 3.05) is 26.4 Å². The molecule has 3 aromatic carbocycles. The second kappa shape index (κ2) is 11.9. The number of esters is 1. The van der Waals surface area contributed by atoms with Crippen molar-refractivity contribution in [3.8, 4) is 11.1 Å². The number of nitrogens with zero attached hydrogens (tertiary/aromatic N) is 1. The van der Waals surface area contributed by atoms with E-state index in [1.165, 1.54) is 12.1 Å². The fourth-order valence-electron chi connectivity index (χ4n) is 4.55. The number of carbonyl (C=O) groups is 2. The van der Waals surface area contributed by atoms with Gasteiger partial charge in [-0.15, -0.1) is 0 Å². The SMILES string of the molecule is O=C(OCCC(c1cc(C(F)(F)F)cc(C(F)(F)F)c1-c1ccc(F)c(F)c1)N1CCOCC1=O)c1ccccc1. The molecule has 0 bridgehead atoms. The summed E-state index contributed by atoms with van der Waals surface area (Å²) in [6.07, 6.45) is -11.0. The Hall–Kier alpha value is -4.00. The highest BCUT2D eigenvalue weighted by atomic mass is 19.4. The molecule has 1 fully saturated rings. The van der Waals surface area contributed by atoms with Crippen molar-refractivity contribution in [1.29, 1.82) is 0 Å². The van der Waals surface area contributed by atoms with Gasteiger partial charge in [0, 0.05) is 13.0 Å². The van der Waals surface area contributed by atoms with Gasteiger partial charge in [0.2, 0.25) is 5.91 Å². The van der Waals surface area contributed by atoms with Crippen LogP contribution in [0.2, 0.25) is 0 Å². The summed E-state index contributed by atoms with van der Waals surface area (Å²) in [7, 11) is 0. The van der Waals surface area contributed by atoms with E-state index in [-0.39, 0.29) is 24.8 Å². The van der Waals surface area contributed by atoms with E-state index in [2.05, 4.69) is 0 Å². The molecule has 1 amide bonds. The highest BCUT2D eigenvalue weighted by Crippen LogP contribution is 2.46. The van der Waals surface area contributed by atoms with Gasteiger partial charge >= 0.3 is 18.3 Å². The fraction of sp³-hybridized carbons (Fsp3) is 0.286. The first kappa shape index (κ1) is 30.0. The monoisotopic (exact) mass is 587 g/mol. The van der Waals surface area contributed by atoms with Crippen molar-refractivity contribution in [2.24, 2.45) is 0 Å². The molecule has 0 aromatic heterocycles. The average Bonchev–Trinajstić information content (AvgIpc) is 2.92. The van der Waals surface area contributed by atoms with Crippen molar-refractivity contribution in [1.82, 2.24) is 4.90 Å². The highest BCUT2D eigenvalue weighted by molar-refractivity contribution is 5.89. The van der Waals surface area contributed by atoms with Gasteiger partial charge in [0.15, 0.2) is 11.6 Å². The minimum absolute atomic E-state index is 0.0718. The predicted octanol–water partition coefficient (Wildman–Crippen LogP) is 6.82. The summed E-state index contributed by atoms with van der Waals surface area (Å²) in [6, 6.07) is 8.24. The minimum atomic E-state index is -5.37. The number of hydrogen-bond donors (Lipinski definition) is 0. The second-order valence-electron chi connectivity index (χ2n) is 9.06. The Labute approximate surface area is 228 Å². The van der Waals surface area contributed by atoms with Gasteiger partial charge in [-0.2, -0.15) is 26.3 Å². The van der Waals surface area contributed by atoms with Crippen LogP contribution in [0.3, 0.4) is 0 Å². The summed E-state index contributed by atoms with van der Waals surface area (Å²) in [4.78, 5) is 26.2. The van der Waals surface area contributed by atoms with Crippen LogP contribution in [0.1, 0.15) is 39.5 Å². The third-order valence-corrected chi connectivity index (χ3v) is 6.40. The van der Waals surface area contributed by atoms with E-state index in [0.717, 1.165) is 11.0 Å². The van der Waals surface area contributed by atoms with Crippen LogP contribution in [0.4, 0.5) is 35.1 Å². The molecule has 13 heteroatoms. The quantitative estimate of drug-likeness (QED) is 0.225. The molecule has 218 valence electrons. The average molecular weight is 587 g/mol. The second-order valence-corrected chi connectivity index (χ2v) is 9.06. The van der Waals surface area contributed by atoms with Crippen molar-refractivity contribution < 1.29 is 54.2 Å². The zero-order valence-corrected chi connectivity index (χ0v) is 21.0. The van der Waals surface area contributed by atoms with Crippen molar-refractivity contribution in [3.63, 3.8) is 0 Å². The van der Waals surface area contributed by atoms with E-state index in [1.807, 2.05) is 0 Å². The van der Waals surface area contributed by atoms with Gasteiger partial charge in [-0.1, -0.05) is 24.3 Å². The smallest absolute Gasteiger partial charge is 0.417 e. The molecule has 1 aliphatic heterocycles. The molecule has 0 N–H and O–H groups in total. The number of ether oxygens (including phenoxy) is 2. The van der Waals surface area contributed by atoms with Crippen LogP contribution in [0.15, 0.2) is 60.7 Å². The Morgan fingerprint density at radius 1 is 0.927 bits per heavy atom. The Bertz CT molecular complexity index is 1420. The Morgan fingerprint density at radius 2 is 1.63 bits per heavy atom. The fourth-order valence-corrected chi connectivity index (χ4v) is 4.55.